The van der Waals surface area contributed by atoms with Crippen LogP contribution < -0.4 is 5.73 Å². The van der Waals surface area contributed by atoms with Crippen LogP contribution in [-0.2, 0) is 7.05 Å². The molecule has 0 radical (unpaired) electrons. The van der Waals surface area contributed by atoms with Gasteiger partial charge < -0.3 is 20.3 Å². The lowest BCUT2D eigenvalue weighted by molar-refractivity contribution is 0.132. The molecule has 3 rings (SSSR count). The van der Waals surface area contributed by atoms with Crippen molar-refractivity contribution in [1.29, 1.82) is 0 Å². The summed E-state index contributed by atoms with van der Waals surface area (Å²) in [5.74, 6) is 0.323. The Balaban J connectivity index is 1.96. The molecule has 118 valence electrons. The van der Waals surface area contributed by atoms with Gasteiger partial charge in [-0.15, -0.1) is 0 Å². The van der Waals surface area contributed by atoms with Crippen LogP contribution in [0.2, 0.25) is 0 Å². The van der Waals surface area contributed by atoms with Crippen molar-refractivity contribution in [3.05, 3.63) is 29.6 Å². The number of pyridine rings is 1. The number of aryl methyl sites for hydroxylation is 1. The Labute approximate surface area is 129 Å². The highest BCUT2D eigenvalue weighted by atomic mass is 16.4. The molecule has 1 aliphatic heterocycles. The molecule has 0 saturated carbocycles. The van der Waals surface area contributed by atoms with Crippen molar-refractivity contribution in [3.63, 3.8) is 0 Å². The maximum atomic E-state index is 11.0. The lowest BCUT2D eigenvalue weighted by Gasteiger charge is -2.31. The van der Waals surface area contributed by atoms with Crippen molar-refractivity contribution in [2.45, 2.75) is 31.7 Å². The summed E-state index contributed by atoms with van der Waals surface area (Å²) < 4.78 is 2.06. The number of piperidine rings is 1. The molecule has 3 N–H and O–H groups in total. The van der Waals surface area contributed by atoms with Gasteiger partial charge in [0.05, 0.1) is 16.7 Å². The number of amides is 1. The van der Waals surface area contributed by atoms with E-state index in [2.05, 4.69) is 10.6 Å². The summed E-state index contributed by atoms with van der Waals surface area (Å²) in [6.07, 6.45) is 2.81. The molecule has 2 aromatic heterocycles. The highest BCUT2D eigenvalue weighted by Crippen LogP contribution is 2.33. The predicted octanol–water partition coefficient (Wildman–Crippen LogP) is 2.45. The van der Waals surface area contributed by atoms with Crippen LogP contribution in [0.5, 0.6) is 0 Å². The molecule has 1 aliphatic rings. The molecule has 2 aromatic rings. The van der Waals surface area contributed by atoms with E-state index in [-0.39, 0.29) is 6.04 Å². The number of nitrogens with two attached hydrogens (primary N) is 1. The van der Waals surface area contributed by atoms with Gasteiger partial charge in [-0.1, -0.05) is 0 Å². The number of carbonyl (C=O) groups is 1. The van der Waals surface area contributed by atoms with E-state index in [9.17, 15) is 4.79 Å². The standard InChI is InChI=1S/C16H22N4O2/c1-10(17)15-12(9-14-13(18-15)5-6-19(14)2)11-3-7-20(8-4-11)16(21)22/h5-6,9-11H,3-4,7-8,17H2,1-2H3,(H,21,22). The minimum Gasteiger partial charge on any atom is -0.465 e. The van der Waals surface area contributed by atoms with E-state index in [1.54, 1.807) is 0 Å². The van der Waals surface area contributed by atoms with E-state index in [0.29, 0.717) is 19.0 Å². The van der Waals surface area contributed by atoms with E-state index in [1.807, 2.05) is 26.2 Å². The normalized spacial score (nSPS) is 17.9. The lowest BCUT2D eigenvalue weighted by Crippen LogP contribution is -2.37. The molecular weight excluding hydrogens is 280 g/mol. The van der Waals surface area contributed by atoms with Gasteiger partial charge in [0.15, 0.2) is 0 Å². The maximum Gasteiger partial charge on any atom is 0.407 e. The molecule has 1 atom stereocenters. The second kappa shape index (κ2) is 5.61. The van der Waals surface area contributed by atoms with E-state index in [0.717, 1.165) is 29.6 Å². The number of likely N-dealkylation sites (tertiary alicyclic amines) is 1. The average molecular weight is 302 g/mol. The number of aromatic nitrogens is 2. The van der Waals surface area contributed by atoms with E-state index in [1.165, 1.54) is 10.5 Å². The molecule has 1 amide bonds. The fourth-order valence-corrected chi connectivity index (χ4v) is 3.29. The second-order valence-electron chi connectivity index (χ2n) is 6.13. The maximum absolute atomic E-state index is 11.0. The Morgan fingerprint density at radius 2 is 2.14 bits per heavy atom. The Hall–Kier alpha value is -2.08. The molecule has 0 spiro atoms. The molecule has 1 saturated heterocycles. The van der Waals surface area contributed by atoms with Crippen molar-refractivity contribution in [1.82, 2.24) is 14.5 Å². The summed E-state index contributed by atoms with van der Waals surface area (Å²) in [4.78, 5) is 17.3. The van der Waals surface area contributed by atoms with Crippen molar-refractivity contribution >= 4 is 17.1 Å². The molecule has 6 nitrogen and oxygen atoms in total. The summed E-state index contributed by atoms with van der Waals surface area (Å²) in [6, 6.07) is 4.05. The highest BCUT2D eigenvalue weighted by Gasteiger charge is 2.26. The summed E-state index contributed by atoms with van der Waals surface area (Å²) in [5, 5.41) is 9.08. The van der Waals surface area contributed by atoms with Gasteiger partial charge in [-0.3, -0.25) is 0 Å². The van der Waals surface area contributed by atoms with Crippen LogP contribution in [0.3, 0.4) is 0 Å². The van der Waals surface area contributed by atoms with Gasteiger partial charge in [-0.25, -0.2) is 9.78 Å². The largest absolute Gasteiger partial charge is 0.465 e. The molecule has 0 aliphatic carbocycles. The summed E-state index contributed by atoms with van der Waals surface area (Å²) in [5.41, 5.74) is 10.3. The summed E-state index contributed by atoms with van der Waals surface area (Å²) >= 11 is 0. The molecule has 1 fully saturated rings. The number of fused-ring (bicyclic) bond motifs is 1. The number of carboxylic acid groups (broad SMARTS) is 1. The molecule has 0 bridgehead atoms. The van der Waals surface area contributed by atoms with E-state index >= 15 is 0 Å². The van der Waals surface area contributed by atoms with Crippen LogP contribution in [0.4, 0.5) is 4.79 Å². The Morgan fingerprint density at radius 3 is 2.73 bits per heavy atom. The number of nitrogens with zero attached hydrogens (tertiary/aromatic N) is 3. The fraction of sp³-hybridized carbons (Fsp3) is 0.500. The van der Waals surface area contributed by atoms with Crippen molar-refractivity contribution < 1.29 is 9.90 Å². The molecule has 0 aromatic carbocycles. The van der Waals surface area contributed by atoms with Gasteiger partial charge in [-0.2, -0.15) is 0 Å². The number of hydrogen-bond donors (Lipinski definition) is 2. The van der Waals surface area contributed by atoms with Crippen LogP contribution in [0, 0.1) is 0 Å². The third kappa shape index (κ3) is 2.54. The van der Waals surface area contributed by atoms with Crippen LogP contribution >= 0.6 is 0 Å². The molecule has 1 unspecified atom stereocenters. The third-order valence-corrected chi connectivity index (χ3v) is 4.56. The summed E-state index contributed by atoms with van der Waals surface area (Å²) in [7, 11) is 2.01. The Bertz CT molecular complexity index is 699. The van der Waals surface area contributed by atoms with Gasteiger partial charge in [-0.05, 0) is 43.4 Å². The topological polar surface area (TPSA) is 84.4 Å². The van der Waals surface area contributed by atoms with Crippen LogP contribution in [0.15, 0.2) is 18.3 Å². The molecular formula is C16H22N4O2. The van der Waals surface area contributed by atoms with Crippen molar-refractivity contribution in [2.24, 2.45) is 12.8 Å². The zero-order chi connectivity index (χ0) is 15.9. The van der Waals surface area contributed by atoms with Crippen LogP contribution in [0.1, 0.15) is 43.0 Å². The minimum absolute atomic E-state index is 0.128. The first-order chi connectivity index (χ1) is 10.5. The monoisotopic (exact) mass is 302 g/mol. The third-order valence-electron chi connectivity index (χ3n) is 4.56. The van der Waals surface area contributed by atoms with Gasteiger partial charge >= 0.3 is 6.09 Å². The van der Waals surface area contributed by atoms with Crippen molar-refractivity contribution in [2.75, 3.05) is 13.1 Å². The first-order valence-corrected chi connectivity index (χ1v) is 7.66. The number of rotatable bonds is 2. The Morgan fingerprint density at radius 1 is 1.45 bits per heavy atom. The van der Waals surface area contributed by atoms with Crippen LogP contribution in [0.25, 0.3) is 11.0 Å². The second-order valence-corrected chi connectivity index (χ2v) is 6.13. The molecule has 22 heavy (non-hydrogen) atoms. The predicted molar refractivity (Wildman–Crippen MR) is 84.9 cm³/mol. The zero-order valence-corrected chi connectivity index (χ0v) is 13.0. The average Bonchev–Trinajstić information content (AvgIpc) is 2.87. The molecule has 3 heterocycles. The van der Waals surface area contributed by atoms with Gasteiger partial charge in [0.1, 0.15) is 0 Å². The first-order valence-electron chi connectivity index (χ1n) is 7.66. The SMILES string of the molecule is CC(N)c1nc2ccn(C)c2cc1C1CCN(C(=O)O)CC1. The number of hydrogen-bond acceptors (Lipinski definition) is 3. The van der Waals surface area contributed by atoms with Crippen molar-refractivity contribution in [3.8, 4) is 0 Å². The smallest absolute Gasteiger partial charge is 0.407 e. The van der Waals surface area contributed by atoms with E-state index in [4.69, 9.17) is 15.8 Å². The quantitative estimate of drug-likeness (QED) is 0.892. The summed E-state index contributed by atoms with van der Waals surface area (Å²) in [6.45, 7) is 3.10. The first kappa shape index (κ1) is 14.8. The van der Waals surface area contributed by atoms with Crippen LogP contribution in [-0.4, -0.2) is 38.7 Å². The highest BCUT2D eigenvalue weighted by molar-refractivity contribution is 5.77. The van der Waals surface area contributed by atoms with Gasteiger partial charge in [0, 0.05) is 32.4 Å². The zero-order valence-electron chi connectivity index (χ0n) is 13.0. The molecule has 6 heteroatoms. The van der Waals surface area contributed by atoms with Gasteiger partial charge in [0.2, 0.25) is 0 Å². The Kier molecular flexibility index (Phi) is 3.78. The van der Waals surface area contributed by atoms with E-state index < -0.39 is 6.09 Å². The lowest BCUT2D eigenvalue weighted by atomic mass is 9.87. The van der Waals surface area contributed by atoms with Gasteiger partial charge in [0.25, 0.3) is 0 Å². The fourth-order valence-electron chi connectivity index (χ4n) is 3.29. The minimum atomic E-state index is -0.832.